The summed E-state index contributed by atoms with van der Waals surface area (Å²) >= 11 is 9.41. The number of benzene rings is 1. The van der Waals surface area contributed by atoms with Gasteiger partial charge in [0.05, 0.1) is 35.2 Å². The molecule has 0 saturated heterocycles. The standard InChI is InChI=1S/C21H17BrClN5O/c1-2-19(13-7-14(22)9-24-8-13)27-21(29)18-10-25-12-20-17(18)11-26-28(20)16-5-3-15(23)4-6-16/h3-12,19H,2H2,1H3,(H,27,29). The number of aromatic nitrogens is 4. The normalized spacial score (nSPS) is 12.1. The number of amides is 1. The average molecular weight is 471 g/mol. The van der Waals surface area contributed by atoms with Gasteiger partial charge in [-0.05, 0) is 58.2 Å². The van der Waals surface area contributed by atoms with E-state index in [0.717, 1.165) is 33.0 Å². The van der Waals surface area contributed by atoms with Crippen LogP contribution in [0.1, 0.15) is 35.3 Å². The Labute approximate surface area is 181 Å². The van der Waals surface area contributed by atoms with Crippen LogP contribution in [-0.4, -0.2) is 25.7 Å². The first-order valence-corrected chi connectivity index (χ1v) is 10.2. The lowest BCUT2D eigenvalue weighted by molar-refractivity contribution is 0.0937. The zero-order valence-electron chi connectivity index (χ0n) is 15.5. The van der Waals surface area contributed by atoms with Crippen LogP contribution in [0.2, 0.25) is 5.02 Å². The topological polar surface area (TPSA) is 72.7 Å². The van der Waals surface area contributed by atoms with E-state index in [1.807, 2.05) is 25.1 Å². The van der Waals surface area contributed by atoms with Gasteiger partial charge in [0.1, 0.15) is 0 Å². The van der Waals surface area contributed by atoms with Gasteiger partial charge in [0, 0.05) is 33.5 Å². The Kier molecular flexibility index (Phi) is 5.60. The lowest BCUT2D eigenvalue weighted by atomic mass is 10.1. The highest BCUT2D eigenvalue weighted by Gasteiger charge is 2.19. The van der Waals surface area contributed by atoms with Gasteiger partial charge in [-0.1, -0.05) is 18.5 Å². The first-order valence-electron chi connectivity index (χ1n) is 9.06. The second-order valence-corrected chi connectivity index (χ2v) is 7.88. The number of hydrogen-bond donors (Lipinski definition) is 1. The number of nitrogens with zero attached hydrogens (tertiary/aromatic N) is 4. The fourth-order valence-corrected chi connectivity index (χ4v) is 3.70. The number of rotatable bonds is 5. The fourth-order valence-electron chi connectivity index (χ4n) is 3.19. The molecule has 0 fully saturated rings. The molecule has 1 atom stereocenters. The van der Waals surface area contributed by atoms with Crippen molar-refractivity contribution in [2.45, 2.75) is 19.4 Å². The highest BCUT2D eigenvalue weighted by molar-refractivity contribution is 9.10. The quantitative estimate of drug-likeness (QED) is 0.440. The van der Waals surface area contributed by atoms with Crippen LogP contribution in [0.25, 0.3) is 16.6 Å². The summed E-state index contributed by atoms with van der Waals surface area (Å²) in [4.78, 5) is 21.5. The van der Waals surface area contributed by atoms with E-state index >= 15 is 0 Å². The predicted molar refractivity (Wildman–Crippen MR) is 116 cm³/mol. The zero-order valence-corrected chi connectivity index (χ0v) is 17.9. The largest absolute Gasteiger partial charge is 0.345 e. The minimum absolute atomic E-state index is 0.158. The van der Waals surface area contributed by atoms with E-state index in [1.54, 1.807) is 47.8 Å². The Morgan fingerprint density at radius 2 is 1.90 bits per heavy atom. The molecule has 0 saturated carbocycles. The average Bonchev–Trinajstić information content (AvgIpc) is 3.16. The van der Waals surface area contributed by atoms with Crippen LogP contribution in [0, 0.1) is 0 Å². The number of halogens is 2. The molecule has 0 aliphatic rings. The van der Waals surface area contributed by atoms with Crippen molar-refractivity contribution >= 4 is 44.3 Å². The summed E-state index contributed by atoms with van der Waals surface area (Å²) in [6.45, 7) is 2.02. The van der Waals surface area contributed by atoms with Crippen LogP contribution in [0.5, 0.6) is 0 Å². The van der Waals surface area contributed by atoms with E-state index in [1.165, 1.54) is 0 Å². The molecular weight excluding hydrogens is 454 g/mol. The smallest absolute Gasteiger partial charge is 0.254 e. The van der Waals surface area contributed by atoms with E-state index in [9.17, 15) is 4.79 Å². The molecule has 0 aliphatic heterocycles. The molecule has 0 spiro atoms. The van der Waals surface area contributed by atoms with Gasteiger partial charge in [-0.2, -0.15) is 5.10 Å². The molecule has 1 N–H and O–H groups in total. The molecule has 6 nitrogen and oxygen atoms in total. The first kappa shape index (κ1) is 19.5. The highest BCUT2D eigenvalue weighted by Crippen LogP contribution is 2.24. The molecule has 1 aromatic carbocycles. The van der Waals surface area contributed by atoms with Gasteiger partial charge < -0.3 is 5.32 Å². The first-order chi connectivity index (χ1) is 14.1. The van der Waals surface area contributed by atoms with Crippen LogP contribution in [0.15, 0.2) is 65.8 Å². The van der Waals surface area contributed by atoms with E-state index in [-0.39, 0.29) is 11.9 Å². The summed E-state index contributed by atoms with van der Waals surface area (Å²) in [7, 11) is 0. The Morgan fingerprint density at radius 1 is 1.14 bits per heavy atom. The maximum atomic E-state index is 13.0. The van der Waals surface area contributed by atoms with Gasteiger partial charge in [0.15, 0.2) is 0 Å². The van der Waals surface area contributed by atoms with Crippen LogP contribution < -0.4 is 5.32 Å². The maximum absolute atomic E-state index is 13.0. The molecule has 0 aliphatic carbocycles. The molecule has 3 aromatic heterocycles. The van der Waals surface area contributed by atoms with E-state index in [0.29, 0.717) is 10.6 Å². The molecule has 8 heteroatoms. The molecule has 4 rings (SSSR count). The fraction of sp³-hybridized carbons (Fsp3) is 0.143. The van der Waals surface area contributed by atoms with Crippen LogP contribution in [0.4, 0.5) is 0 Å². The summed E-state index contributed by atoms with van der Waals surface area (Å²) in [6, 6.07) is 9.13. The van der Waals surface area contributed by atoms with E-state index in [2.05, 4.69) is 36.3 Å². The van der Waals surface area contributed by atoms with Crippen molar-refractivity contribution in [2.24, 2.45) is 0 Å². The molecule has 0 radical (unpaired) electrons. The molecule has 3 heterocycles. The molecule has 1 unspecified atom stereocenters. The molecule has 146 valence electrons. The Bertz CT molecular complexity index is 1180. The highest BCUT2D eigenvalue weighted by atomic mass is 79.9. The minimum atomic E-state index is -0.203. The van der Waals surface area contributed by atoms with Gasteiger partial charge in [-0.25, -0.2) is 4.68 Å². The monoisotopic (exact) mass is 469 g/mol. The summed E-state index contributed by atoms with van der Waals surface area (Å²) in [5, 5.41) is 8.91. The van der Waals surface area contributed by atoms with E-state index in [4.69, 9.17) is 11.6 Å². The van der Waals surface area contributed by atoms with Crippen molar-refractivity contribution in [1.29, 1.82) is 0 Å². The third-order valence-electron chi connectivity index (χ3n) is 4.65. The number of pyridine rings is 2. The van der Waals surface area contributed by atoms with Crippen molar-refractivity contribution in [1.82, 2.24) is 25.1 Å². The SMILES string of the molecule is CCC(NC(=O)c1cncc2c1cnn2-c1ccc(Cl)cc1)c1cncc(Br)c1. The number of hydrogen-bond acceptors (Lipinski definition) is 4. The number of nitrogens with one attached hydrogen (secondary N) is 1. The summed E-state index contributed by atoms with van der Waals surface area (Å²) < 4.78 is 2.61. The lowest BCUT2D eigenvalue weighted by Crippen LogP contribution is -2.28. The Morgan fingerprint density at radius 3 is 2.62 bits per heavy atom. The van der Waals surface area contributed by atoms with Gasteiger partial charge >= 0.3 is 0 Å². The molecule has 0 bridgehead atoms. The van der Waals surface area contributed by atoms with Gasteiger partial charge in [0.2, 0.25) is 0 Å². The van der Waals surface area contributed by atoms with Crippen molar-refractivity contribution in [3.05, 3.63) is 81.9 Å². The Hall–Kier alpha value is -2.77. The predicted octanol–water partition coefficient (Wildman–Crippen LogP) is 5.11. The summed E-state index contributed by atoms with van der Waals surface area (Å²) in [6.07, 6.45) is 9.16. The van der Waals surface area contributed by atoms with Crippen molar-refractivity contribution in [3.8, 4) is 5.69 Å². The third kappa shape index (κ3) is 4.02. The van der Waals surface area contributed by atoms with Crippen LogP contribution >= 0.6 is 27.5 Å². The Balaban J connectivity index is 1.67. The summed E-state index contributed by atoms with van der Waals surface area (Å²) in [5.74, 6) is -0.203. The molecule has 1 amide bonds. The minimum Gasteiger partial charge on any atom is -0.345 e. The molecule has 29 heavy (non-hydrogen) atoms. The number of carbonyl (C=O) groups excluding carboxylic acids is 1. The number of fused-ring (bicyclic) bond motifs is 1. The van der Waals surface area contributed by atoms with Crippen LogP contribution in [0.3, 0.4) is 0 Å². The van der Waals surface area contributed by atoms with Crippen LogP contribution in [-0.2, 0) is 0 Å². The zero-order chi connectivity index (χ0) is 20.4. The maximum Gasteiger partial charge on any atom is 0.254 e. The lowest BCUT2D eigenvalue weighted by Gasteiger charge is -2.17. The summed E-state index contributed by atoms with van der Waals surface area (Å²) in [5.41, 5.74) is 3.00. The van der Waals surface area contributed by atoms with Crippen molar-refractivity contribution < 1.29 is 4.79 Å². The van der Waals surface area contributed by atoms with Gasteiger partial charge in [-0.3, -0.25) is 14.8 Å². The number of carbonyl (C=O) groups is 1. The van der Waals surface area contributed by atoms with Crippen molar-refractivity contribution in [3.63, 3.8) is 0 Å². The van der Waals surface area contributed by atoms with Crippen molar-refractivity contribution in [2.75, 3.05) is 0 Å². The second-order valence-electron chi connectivity index (χ2n) is 6.52. The molecule has 4 aromatic rings. The van der Waals surface area contributed by atoms with Gasteiger partial charge in [-0.15, -0.1) is 0 Å². The van der Waals surface area contributed by atoms with E-state index < -0.39 is 0 Å². The van der Waals surface area contributed by atoms with Gasteiger partial charge in [0.25, 0.3) is 5.91 Å². The second kappa shape index (κ2) is 8.31. The molecular formula is C21H17BrClN5O. The third-order valence-corrected chi connectivity index (χ3v) is 5.34.